The average Bonchev–Trinajstić information content (AvgIpc) is 2.78. The van der Waals surface area contributed by atoms with E-state index in [-0.39, 0.29) is 17.3 Å². The Labute approximate surface area is 199 Å². The molecule has 1 N–H and O–H groups in total. The molecule has 1 atom stereocenters. The summed E-state index contributed by atoms with van der Waals surface area (Å²) in [7, 11) is -2.65. The highest BCUT2D eigenvalue weighted by Gasteiger charge is 2.30. The molecule has 0 aromatic heterocycles. The van der Waals surface area contributed by atoms with Crippen LogP contribution in [0.25, 0.3) is 0 Å². The van der Waals surface area contributed by atoms with Gasteiger partial charge in [0.2, 0.25) is 21.8 Å². The van der Waals surface area contributed by atoms with Gasteiger partial charge >= 0.3 is 0 Å². The van der Waals surface area contributed by atoms with Crippen molar-refractivity contribution >= 4 is 33.4 Å². The number of carbonyl (C=O) groups excluding carboxylic acids is 2. The van der Waals surface area contributed by atoms with Gasteiger partial charge in [-0.1, -0.05) is 37.1 Å². The largest absolute Gasteiger partial charge is 0.354 e. The fraction of sp³-hybridized carbons (Fsp3) is 0.391. The Morgan fingerprint density at radius 2 is 1.70 bits per heavy atom. The van der Waals surface area contributed by atoms with Crippen LogP contribution in [-0.2, 0) is 26.2 Å². The summed E-state index contributed by atoms with van der Waals surface area (Å²) in [6.45, 7) is 3.60. The van der Waals surface area contributed by atoms with E-state index < -0.39 is 34.3 Å². The monoisotopic (exact) mass is 497 g/mol. The molecule has 0 fully saturated rings. The molecule has 33 heavy (non-hydrogen) atoms. The van der Waals surface area contributed by atoms with Gasteiger partial charge in [0.25, 0.3) is 0 Å². The van der Waals surface area contributed by atoms with E-state index in [1.54, 1.807) is 6.92 Å². The lowest BCUT2D eigenvalue weighted by Gasteiger charge is -2.30. The van der Waals surface area contributed by atoms with Crippen molar-refractivity contribution in [2.75, 3.05) is 20.1 Å². The molecule has 0 radical (unpaired) electrons. The molecule has 180 valence electrons. The van der Waals surface area contributed by atoms with Crippen molar-refractivity contribution in [2.24, 2.45) is 0 Å². The Bertz CT molecular complexity index is 1050. The van der Waals surface area contributed by atoms with Gasteiger partial charge in [-0.05, 0) is 55.3 Å². The van der Waals surface area contributed by atoms with Crippen molar-refractivity contribution in [3.05, 3.63) is 64.9 Å². The number of benzene rings is 2. The maximum absolute atomic E-state index is 13.3. The lowest BCUT2D eigenvalue weighted by Crippen LogP contribution is -2.50. The van der Waals surface area contributed by atoms with Crippen LogP contribution in [0.1, 0.15) is 32.3 Å². The van der Waals surface area contributed by atoms with Crippen LogP contribution in [0.2, 0.25) is 5.02 Å². The van der Waals surface area contributed by atoms with Gasteiger partial charge in [-0.3, -0.25) is 9.59 Å². The van der Waals surface area contributed by atoms with Gasteiger partial charge in [-0.15, -0.1) is 0 Å². The quantitative estimate of drug-likeness (QED) is 0.482. The Morgan fingerprint density at radius 3 is 2.27 bits per heavy atom. The summed E-state index contributed by atoms with van der Waals surface area (Å²) in [5.41, 5.74) is 0.612. The molecule has 2 amide bonds. The first-order valence-corrected chi connectivity index (χ1v) is 12.4. The molecule has 0 heterocycles. The highest BCUT2D eigenvalue weighted by atomic mass is 35.5. The summed E-state index contributed by atoms with van der Waals surface area (Å²) in [5.74, 6) is -1.32. The van der Waals surface area contributed by atoms with Gasteiger partial charge < -0.3 is 10.2 Å². The third-order valence-corrected chi connectivity index (χ3v) is 7.21. The molecule has 0 aliphatic rings. The van der Waals surface area contributed by atoms with E-state index in [1.807, 2.05) is 6.92 Å². The van der Waals surface area contributed by atoms with E-state index in [0.29, 0.717) is 17.1 Å². The molecule has 0 unspecified atom stereocenters. The van der Waals surface area contributed by atoms with E-state index in [2.05, 4.69) is 5.32 Å². The van der Waals surface area contributed by atoms with Crippen LogP contribution >= 0.6 is 11.6 Å². The van der Waals surface area contributed by atoms with Gasteiger partial charge in [0.15, 0.2) is 0 Å². The van der Waals surface area contributed by atoms with E-state index in [9.17, 15) is 22.4 Å². The fourth-order valence-corrected chi connectivity index (χ4v) is 4.30. The summed E-state index contributed by atoms with van der Waals surface area (Å²) in [4.78, 5) is 27.1. The Balaban J connectivity index is 2.22. The Morgan fingerprint density at radius 1 is 1.09 bits per heavy atom. The number of sulfonamides is 1. The predicted octanol–water partition coefficient (Wildman–Crippen LogP) is 3.43. The lowest BCUT2D eigenvalue weighted by molar-refractivity contribution is -0.140. The number of unbranched alkanes of at least 4 members (excludes halogenated alkanes) is 1. The summed E-state index contributed by atoms with van der Waals surface area (Å²) in [6, 6.07) is 10.3. The summed E-state index contributed by atoms with van der Waals surface area (Å²) in [6.07, 6.45) is 1.70. The SMILES string of the molecule is CCCCNC(=O)[C@H](C)N(Cc1ccc(F)cc1)C(=O)CN(C)S(=O)(=O)c1ccc(Cl)cc1. The van der Waals surface area contributed by atoms with E-state index >= 15 is 0 Å². The molecule has 2 aromatic rings. The first kappa shape index (κ1) is 26.8. The van der Waals surface area contributed by atoms with Crippen LogP contribution in [0, 0.1) is 5.82 Å². The number of hydrogen-bond acceptors (Lipinski definition) is 4. The van der Waals surface area contributed by atoms with Crippen LogP contribution in [0.15, 0.2) is 53.4 Å². The van der Waals surface area contributed by atoms with Gasteiger partial charge in [-0.2, -0.15) is 4.31 Å². The number of rotatable bonds is 11. The number of amides is 2. The molecule has 0 saturated heterocycles. The number of carbonyl (C=O) groups is 2. The normalized spacial score (nSPS) is 12.4. The zero-order valence-corrected chi connectivity index (χ0v) is 20.5. The minimum atomic E-state index is -3.95. The number of hydrogen-bond donors (Lipinski definition) is 1. The third-order valence-electron chi connectivity index (χ3n) is 5.14. The van der Waals surface area contributed by atoms with Gasteiger partial charge in [0.05, 0.1) is 11.4 Å². The molecular formula is C23H29ClFN3O4S. The summed E-state index contributed by atoms with van der Waals surface area (Å²) >= 11 is 5.83. The fourth-order valence-electron chi connectivity index (χ4n) is 3.06. The lowest BCUT2D eigenvalue weighted by atomic mass is 10.1. The maximum Gasteiger partial charge on any atom is 0.243 e. The Hall–Kier alpha value is -2.49. The molecule has 2 aromatic carbocycles. The zero-order valence-electron chi connectivity index (χ0n) is 18.9. The summed E-state index contributed by atoms with van der Waals surface area (Å²) < 4.78 is 40.0. The minimum Gasteiger partial charge on any atom is -0.354 e. The number of likely N-dealkylation sites (N-methyl/N-ethyl adjacent to an activating group) is 1. The number of nitrogens with zero attached hydrogens (tertiary/aromatic N) is 2. The van der Waals surface area contributed by atoms with Crippen molar-refractivity contribution in [2.45, 2.75) is 44.2 Å². The number of halogens is 2. The zero-order chi connectivity index (χ0) is 24.6. The second kappa shape index (κ2) is 12.1. The number of nitrogens with one attached hydrogen (secondary N) is 1. The molecule has 2 rings (SSSR count). The van der Waals surface area contributed by atoms with Crippen molar-refractivity contribution < 1.29 is 22.4 Å². The van der Waals surface area contributed by atoms with Crippen LogP contribution in [0.5, 0.6) is 0 Å². The molecule has 0 aliphatic carbocycles. The second-order valence-electron chi connectivity index (χ2n) is 7.68. The van der Waals surface area contributed by atoms with Crippen LogP contribution < -0.4 is 5.32 Å². The molecule has 0 spiro atoms. The standard InChI is InChI=1S/C23H29ClFN3O4S/c1-4-5-14-26-23(30)17(2)28(15-18-6-10-20(25)11-7-18)22(29)16-27(3)33(31,32)21-12-8-19(24)9-13-21/h6-13,17H,4-5,14-16H2,1-3H3,(H,26,30)/t17-/m0/s1. The molecule has 7 nitrogen and oxygen atoms in total. The topological polar surface area (TPSA) is 86.8 Å². The first-order chi connectivity index (χ1) is 15.6. The second-order valence-corrected chi connectivity index (χ2v) is 10.2. The third kappa shape index (κ3) is 7.52. The van der Waals surface area contributed by atoms with E-state index in [0.717, 1.165) is 17.1 Å². The molecule has 0 saturated carbocycles. The van der Waals surface area contributed by atoms with Gasteiger partial charge in [0, 0.05) is 25.2 Å². The van der Waals surface area contributed by atoms with Crippen molar-refractivity contribution in [1.29, 1.82) is 0 Å². The van der Waals surface area contributed by atoms with E-state index in [4.69, 9.17) is 11.6 Å². The highest BCUT2D eigenvalue weighted by molar-refractivity contribution is 7.89. The molecular weight excluding hydrogens is 469 g/mol. The molecule has 10 heteroatoms. The van der Waals surface area contributed by atoms with Gasteiger partial charge in [-0.25, -0.2) is 12.8 Å². The van der Waals surface area contributed by atoms with Crippen LogP contribution in [0.3, 0.4) is 0 Å². The van der Waals surface area contributed by atoms with Crippen LogP contribution in [0.4, 0.5) is 4.39 Å². The van der Waals surface area contributed by atoms with Crippen molar-refractivity contribution in [3.63, 3.8) is 0 Å². The molecule has 0 aliphatic heterocycles. The predicted molar refractivity (Wildman–Crippen MR) is 126 cm³/mol. The first-order valence-electron chi connectivity index (χ1n) is 10.6. The van der Waals surface area contributed by atoms with Crippen LogP contribution in [-0.4, -0.2) is 55.6 Å². The minimum absolute atomic E-state index is 0.00218. The maximum atomic E-state index is 13.3. The van der Waals surface area contributed by atoms with Crippen molar-refractivity contribution in [3.8, 4) is 0 Å². The molecule has 0 bridgehead atoms. The van der Waals surface area contributed by atoms with Gasteiger partial charge in [0.1, 0.15) is 11.9 Å². The average molecular weight is 498 g/mol. The van der Waals surface area contributed by atoms with Crippen molar-refractivity contribution in [1.82, 2.24) is 14.5 Å². The highest BCUT2D eigenvalue weighted by Crippen LogP contribution is 2.18. The smallest absolute Gasteiger partial charge is 0.243 e. The van der Waals surface area contributed by atoms with E-state index in [1.165, 1.54) is 60.5 Å². The Kier molecular flexibility index (Phi) is 9.82. The summed E-state index contributed by atoms with van der Waals surface area (Å²) in [5, 5.41) is 3.18.